The fourth-order valence-electron chi connectivity index (χ4n) is 2.44. The minimum Gasteiger partial charge on any atom is -0.321 e. The molecule has 110 valence electrons. The fraction of sp³-hybridized carbons (Fsp3) is 0.125. The van der Waals surface area contributed by atoms with E-state index in [2.05, 4.69) is 4.98 Å². The standard InChI is InChI=1S/C16H13N3O3/c1-2-18-14-9-8-12(19(21)22)10-13(14)17-16(18)15(20)11-6-4-3-5-7-11/h3-10H,2H2,1H3. The SMILES string of the molecule is CCn1c(C(=O)c2ccccc2)nc2cc([N+](=O)[O-])ccc21. The van der Waals surface area contributed by atoms with Crippen LogP contribution in [0, 0.1) is 10.1 Å². The van der Waals surface area contributed by atoms with Gasteiger partial charge in [0.1, 0.15) is 0 Å². The van der Waals surface area contributed by atoms with Gasteiger partial charge >= 0.3 is 0 Å². The smallest absolute Gasteiger partial charge is 0.271 e. The third kappa shape index (κ3) is 2.24. The Morgan fingerprint density at radius 1 is 1.23 bits per heavy atom. The lowest BCUT2D eigenvalue weighted by atomic mass is 10.1. The van der Waals surface area contributed by atoms with E-state index in [1.54, 1.807) is 34.9 Å². The van der Waals surface area contributed by atoms with Crippen molar-refractivity contribution in [2.45, 2.75) is 13.5 Å². The normalized spacial score (nSPS) is 10.8. The van der Waals surface area contributed by atoms with Crippen molar-refractivity contribution in [3.05, 3.63) is 70.0 Å². The average molecular weight is 295 g/mol. The molecule has 0 unspecified atom stereocenters. The van der Waals surface area contributed by atoms with Crippen LogP contribution < -0.4 is 0 Å². The Kier molecular flexibility index (Phi) is 3.42. The molecule has 0 aliphatic rings. The maximum atomic E-state index is 12.6. The number of fused-ring (bicyclic) bond motifs is 1. The van der Waals surface area contributed by atoms with E-state index in [1.807, 2.05) is 13.0 Å². The van der Waals surface area contributed by atoms with Crippen molar-refractivity contribution < 1.29 is 9.72 Å². The zero-order valence-corrected chi connectivity index (χ0v) is 11.9. The van der Waals surface area contributed by atoms with Crippen LogP contribution in [0.1, 0.15) is 23.1 Å². The molecule has 0 amide bonds. The number of aromatic nitrogens is 2. The van der Waals surface area contributed by atoms with Crippen LogP contribution in [-0.2, 0) is 6.54 Å². The van der Waals surface area contributed by atoms with E-state index in [-0.39, 0.29) is 11.5 Å². The van der Waals surface area contributed by atoms with Gasteiger partial charge < -0.3 is 4.57 Å². The van der Waals surface area contributed by atoms with E-state index in [4.69, 9.17) is 0 Å². The van der Waals surface area contributed by atoms with E-state index in [9.17, 15) is 14.9 Å². The predicted octanol–water partition coefficient (Wildman–Crippen LogP) is 3.20. The molecule has 6 nitrogen and oxygen atoms in total. The Labute approximate surface area is 126 Å². The largest absolute Gasteiger partial charge is 0.321 e. The van der Waals surface area contributed by atoms with Crippen LogP contribution in [0.2, 0.25) is 0 Å². The van der Waals surface area contributed by atoms with Gasteiger partial charge in [-0.15, -0.1) is 0 Å². The molecule has 2 aromatic carbocycles. The number of nitro groups is 1. The van der Waals surface area contributed by atoms with Crippen LogP contribution in [0.3, 0.4) is 0 Å². The van der Waals surface area contributed by atoms with Gasteiger partial charge in [0.2, 0.25) is 5.78 Å². The number of ketones is 1. The summed E-state index contributed by atoms with van der Waals surface area (Å²) in [5.74, 6) is 0.102. The molecule has 0 fully saturated rings. The molecule has 1 aromatic heterocycles. The summed E-state index contributed by atoms with van der Waals surface area (Å²) in [4.78, 5) is 27.3. The lowest BCUT2D eigenvalue weighted by Crippen LogP contribution is -2.10. The highest BCUT2D eigenvalue weighted by Crippen LogP contribution is 2.23. The van der Waals surface area contributed by atoms with E-state index in [0.29, 0.717) is 29.0 Å². The zero-order valence-electron chi connectivity index (χ0n) is 11.9. The molecule has 0 spiro atoms. The van der Waals surface area contributed by atoms with Crippen LogP contribution in [0.4, 0.5) is 5.69 Å². The minimum atomic E-state index is -0.469. The molecular formula is C16H13N3O3. The van der Waals surface area contributed by atoms with E-state index in [0.717, 1.165) is 0 Å². The Bertz CT molecular complexity index is 869. The molecule has 22 heavy (non-hydrogen) atoms. The summed E-state index contributed by atoms with van der Waals surface area (Å²) in [7, 11) is 0. The molecule has 0 aliphatic carbocycles. The van der Waals surface area contributed by atoms with Crippen molar-refractivity contribution in [3.8, 4) is 0 Å². The summed E-state index contributed by atoms with van der Waals surface area (Å²) in [6.07, 6.45) is 0. The Morgan fingerprint density at radius 3 is 2.59 bits per heavy atom. The first-order valence-electron chi connectivity index (χ1n) is 6.86. The lowest BCUT2D eigenvalue weighted by molar-refractivity contribution is -0.384. The predicted molar refractivity (Wildman–Crippen MR) is 81.9 cm³/mol. The summed E-state index contributed by atoms with van der Waals surface area (Å²) in [5, 5.41) is 10.9. The fourth-order valence-corrected chi connectivity index (χ4v) is 2.44. The Morgan fingerprint density at radius 2 is 1.95 bits per heavy atom. The highest BCUT2D eigenvalue weighted by Gasteiger charge is 2.19. The lowest BCUT2D eigenvalue weighted by Gasteiger charge is -2.05. The molecule has 3 aromatic rings. The second-order valence-electron chi connectivity index (χ2n) is 4.80. The van der Waals surface area contributed by atoms with E-state index < -0.39 is 4.92 Å². The summed E-state index contributed by atoms with van der Waals surface area (Å²) in [6.45, 7) is 2.46. The first-order chi connectivity index (χ1) is 10.6. The number of carbonyl (C=O) groups excluding carboxylic acids is 1. The number of hydrogen-bond acceptors (Lipinski definition) is 4. The number of carbonyl (C=O) groups is 1. The minimum absolute atomic E-state index is 0.0352. The van der Waals surface area contributed by atoms with Crippen LogP contribution in [0.15, 0.2) is 48.5 Å². The molecule has 0 saturated carbocycles. The molecule has 6 heteroatoms. The maximum absolute atomic E-state index is 12.6. The zero-order chi connectivity index (χ0) is 15.7. The third-order valence-corrected chi connectivity index (χ3v) is 3.50. The van der Waals surface area contributed by atoms with E-state index in [1.165, 1.54) is 12.1 Å². The van der Waals surface area contributed by atoms with Crippen LogP contribution in [0.25, 0.3) is 11.0 Å². The monoisotopic (exact) mass is 295 g/mol. The number of nitrogens with zero attached hydrogens (tertiary/aromatic N) is 3. The summed E-state index contributed by atoms with van der Waals surface area (Å²) >= 11 is 0. The molecule has 0 bridgehead atoms. The topological polar surface area (TPSA) is 78.0 Å². The highest BCUT2D eigenvalue weighted by atomic mass is 16.6. The van der Waals surface area contributed by atoms with Gasteiger partial charge in [-0.3, -0.25) is 14.9 Å². The highest BCUT2D eigenvalue weighted by molar-refractivity contribution is 6.08. The number of benzene rings is 2. The molecule has 0 N–H and O–H groups in total. The van der Waals surface area contributed by atoms with E-state index >= 15 is 0 Å². The number of nitro benzene ring substituents is 1. The summed E-state index contributed by atoms with van der Waals surface area (Å²) in [6, 6.07) is 13.3. The van der Waals surface area contributed by atoms with Crippen LogP contribution >= 0.6 is 0 Å². The second-order valence-corrected chi connectivity index (χ2v) is 4.80. The molecule has 0 radical (unpaired) electrons. The van der Waals surface area contributed by atoms with Gasteiger partial charge in [0.05, 0.1) is 16.0 Å². The number of non-ortho nitro benzene ring substituents is 1. The average Bonchev–Trinajstić information content (AvgIpc) is 2.92. The second kappa shape index (κ2) is 5.40. The number of rotatable bonds is 4. The van der Waals surface area contributed by atoms with Crippen molar-refractivity contribution in [1.29, 1.82) is 0 Å². The number of hydrogen-bond donors (Lipinski definition) is 0. The van der Waals surface area contributed by atoms with Crippen molar-refractivity contribution in [2.24, 2.45) is 0 Å². The van der Waals surface area contributed by atoms with Crippen molar-refractivity contribution in [3.63, 3.8) is 0 Å². The number of aryl methyl sites for hydroxylation is 1. The van der Waals surface area contributed by atoms with Gasteiger partial charge in [-0.25, -0.2) is 4.98 Å². The molecular weight excluding hydrogens is 282 g/mol. The third-order valence-electron chi connectivity index (χ3n) is 3.50. The van der Waals surface area contributed by atoms with Gasteiger partial charge in [-0.05, 0) is 13.0 Å². The molecule has 0 saturated heterocycles. The van der Waals surface area contributed by atoms with Gasteiger partial charge in [-0.1, -0.05) is 30.3 Å². The van der Waals surface area contributed by atoms with Crippen LogP contribution in [-0.4, -0.2) is 20.3 Å². The van der Waals surface area contributed by atoms with Crippen molar-refractivity contribution in [1.82, 2.24) is 9.55 Å². The molecule has 0 aliphatic heterocycles. The van der Waals surface area contributed by atoms with Crippen molar-refractivity contribution in [2.75, 3.05) is 0 Å². The Hall–Kier alpha value is -3.02. The van der Waals surface area contributed by atoms with Gasteiger partial charge in [0.15, 0.2) is 5.82 Å². The van der Waals surface area contributed by atoms with Gasteiger partial charge in [-0.2, -0.15) is 0 Å². The summed E-state index contributed by atoms with van der Waals surface area (Å²) in [5.41, 5.74) is 1.68. The van der Waals surface area contributed by atoms with Gasteiger partial charge in [0.25, 0.3) is 5.69 Å². The molecule has 1 heterocycles. The quantitative estimate of drug-likeness (QED) is 0.420. The molecule has 3 rings (SSSR count). The number of imidazole rings is 1. The van der Waals surface area contributed by atoms with Gasteiger partial charge in [0, 0.05) is 24.2 Å². The van der Waals surface area contributed by atoms with Crippen molar-refractivity contribution >= 4 is 22.5 Å². The first kappa shape index (κ1) is 13.9. The molecule has 0 atom stereocenters. The maximum Gasteiger partial charge on any atom is 0.271 e. The van der Waals surface area contributed by atoms with Crippen LogP contribution in [0.5, 0.6) is 0 Å². The Balaban J connectivity index is 2.17. The first-order valence-corrected chi connectivity index (χ1v) is 6.86. The summed E-state index contributed by atoms with van der Waals surface area (Å²) < 4.78 is 1.77.